The Hall–Kier alpha value is -1.15. The van der Waals surface area contributed by atoms with Crippen LogP contribution >= 0.6 is 0 Å². The Morgan fingerprint density at radius 3 is 1.89 bits per heavy atom. The molecule has 1 heterocycles. The molecule has 9 unspecified atom stereocenters. The molecule has 1 aliphatic rings. The number of nitrogens with one attached hydrogen (secondary N) is 1. The first kappa shape index (κ1) is 42.9. The number of amides is 1. The average molecular weight is 662 g/mol. The molecule has 0 spiro atoms. The molecule has 9 atom stereocenters. The largest absolute Gasteiger partial charge is 0.394 e. The summed E-state index contributed by atoms with van der Waals surface area (Å²) in [4.78, 5) is 12.9. The molecule has 0 aromatic heterocycles. The van der Waals surface area contributed by atoms with Crippen molar-refractivity contribution in [1.82, 2.24) is 5.32 Å². The molecule has 46 heavy (non-hydrogen) atoms. The van der Waals surface area contributed by atoms with Crippen LogP contribution in [0.15, 0.2) is 12.2 Å². The molecule has 1 fully saturated rings. The number of hydrogen-bond donors (Lipinski definition) is 8. The van der Waals surface area contributed by atoms with Crippen LogP contribution < -0.4 is 5.32 Å². The molecule has 1 amide bonds. The zero-order valence-electron chi connectivity index (χ0n) is 28.6. The minimum Gasteiger partial charge on any atom is -0.394 e. The van der Waals surface area contributed by atoms with Crippen molar-refractivity contribution < 1.29 is 50.0 Å². The molecular weight excluding hydrogens is 594 g/mol. The van der Waals surface area contributed by atoms with Crippen molar-refractivity contribution in [3.63, 3.8) is 0 Å². The van der Waals surface area contributed by atoms with Crippen LogP contribution in [0.4, 0.5) is 0 Å². The molecule has 272 valence electrons. The highest BCUT2D eigenvalue weighted by molar-refractivity contribution is 5.80. The van der Waals surface area contributed by atoms with E-state index in [0.717, 1.165) is 51.4 Å². The first-order valence-corrected chi connectivity index (χ1v) is 18.1. The van der Waals surface area contributed by atoms with Crippen LogP contribution in [0.1, 0.15) is 136 Å². The van der Waals surface area contributed by atoms with Gasteiger partial charge in [-0.3, -0.25) is 4.79 Å². The summed E-state index contributed by atoms with van der Waals surface area (Å²) in [6.07, 6.45) is 11.5. The number of ether oxygens (including phenoxy) is 2. The first-order chi connectivity index (χ1) is 22.2. The number of rotatable bonds is 28. The predicted octanol–water partition coefficient (Wildman–Crippen LogP) is 3.38. The molecule has 1 aliphatic heterocycles. The van der Waals surface area contributed by atoms with Gasteiger partial charge in [0.15, 0.2) is 6.29 Å². The summed E-state index contributed by atoms with van der Waals surface area (Å²) in [6.45, 7) is 3.30. The predicted molar refractivity (Wildman–Crippen MR) is 178 cm³/mol. The maximum Gasteiger partial charge on any atom is 0.249 e. The summed E-state index contributed by atoms with van der Waals surface area (Å²) in [6, 6.07) is -1.16. The van der Waals surface area contributed by atoms with E-state index >= 15 is 0 Å². The smallest absolute Gasteiger partial charge is 0.249 e. The van der Waals surface area contributed by atoms with Crippen LogP contribution in [0, 0.1) is 0 Å². The van der Waals surface area contributed by atoms with Gasteiger partial charge in [-0.1, -0.05) is 116 Å². The Morgan fingerprint density at radius 2 is 1.28 bits per heavy atom. The third-order valence-electron chi connectivity index (χ3n) is 8.82. The SMILES string of the molecule is CCCC/C=C\CCCCCCC(O)C(=O)NC(COC1OC(CO)C(O)C(O)C1O)C(O)C(O)CCCCCCCCCCC. The molecule has 0 aliphatic carbocycles. The molecule has 1 saturated heterocycles. The number of aliphatic hydroxyl groups excluding tert-OH is 7. The molecule has 0 radical (unpaired) electrons. The maximum absolute atomic E-state index is 12.9. The van der Waals surface area contributed by atoms with Gasteiger partial charge in [-0.2, -0.15) is 0 Å². The quantitative estimate of drug-likeness (QED) is 0.0456. The van der Waals surface area contributed by atoms with E-state index in [1.807, 2.05) is 0 Å². The highest BCUT2D eigenvalue weighted by Crippen LogP contribution is 2.23. The lowest BCUT2D eigenvalue weighted by atomic mass is 9.98. The third-order valence-corrected chi connectivity index (χ3v) is 8.82. The van der Waals surface area contributed by atoms with E-state index in [1.165, 1.54) is 44.9 Å². The van der Waals surface area contributed by atoms with E-state index in [-0.39, 0.29) is 6.42 Å². The molecule has 0 aromatic carbocycles. The molecule has 0 saturated carbocycles. The molecule has 0 bridgehead atoms. The zero-order valence-corrected chi connectivity index (χ0v) is 28.6. The molecule has 11 heteroatoms. The lowest BCUT2D eigenvalue weighted by molar-refractivity contribution is -0.303. The van der Waals surface area contributed by atoms with Gasteiger partial charge in [0.05, 0.1) is 25.4 Å². The van der Waals surface area contributed by atoms with Gasteiger partial charge in [-0.15, -0.1) is 0 Å². The van der Waals surface area contributed by atoms with Gasteiger partial charge in [0.2, 0.25) is 5.91 Å². The molecular formula is C35H67NO10. The van der Waals surface area contributed by atoms with Gasteiger partial charge in [0.25, 0.3) is 0 Å². The summed E-state index contributed by atoms with van der Waals surface area (Å²) in [5.41, 5.74) is 0. The van der Waals surface area contributed by atoms with Gasteiger partial charge in [0, 0.05) is 0 Å². The van der Waals surface area contributed by atoms with E-state index in [4.69, 9.17) is 9.47 Å². The van der Waals surface area contributed by atoms with E-state index in [2.05, 4.69) is 31.3 Å². The van der Waals surface area contributed by atoms with E-state index in [9.17, 15) is 40.5 Å². The van der Waals surface area contributed by atoms with Crippen molar-refractivity contribution >= 4 is 5.91 Å². The Kier molecular flexibility index (Phi) is 24.9. The second-order valence-corrected chi connectivity index (χ2v) is 12.9. The summed E-state index contributed by atoms with van der Waals surface area (Å²) in [5, 5.41) is 74.8. The lowest BCUT2D eigenvalue weighted by Gasteiger charge is -2.40. The summed E-state index contributed by atoms with van der Waals surface area (Å²) < 4.78 is 11.0. The fourth-order valence-electron chi connectivity index (χ4n) is 5.65. The number of hydrogen-bond acceptors (Lipinski definition) is 10. The Balaban J connectivity index is 2.63. The van der Waals surface area contributed by atoms with Gasteiger partial charge in [0.1, 0.15) is 36.6 Å². The summed E-state index contributed by atoms with van der Waals surface area (Å²) in [5.74, 6) is -0.712. The Morgan fingerprint density at radius 1 is 0.739 bits per heavy atom. The van der Waals surface area contributed by atoms with Crippen LogP contribution in [-0.4, -0.2) is 110 Å². The van der Waals surface area contributed by atoms with Gasteiger partial charge >= 0.3 is 0 Å². The molecule has 11 nitrogen and oxygen atoms in total. The van der Waals surface area contributed by atoms with Crippen LogP contribution in [0.2, 0.25) is 0 Å². The third kappa shape index (κ3) is 17.8. The Labute approximate surface area is 277 Å². The highest BCUT2D eigenvalue weighted by Gasteiger charge is 2.44. The normalized spacial score (nSPS) is 24.6. The van der Waals surface area contributed by atoms with Gasteiger partial charge < -0.3 is 50.5 Å². The fraction of sp³-hybridized carbons (Fsp3) is 0.914. The highest BCUT2D eigenvalue weighted by atomic mass is 16.7. The fourth-order valence-corrected chi connectivity index (χ4v) is 5.65. The van der Waals surface area contributed by atoms with Crippen LogP contribution in [0.5, 0.6) is 0 Å². The van der Waals surface area contributed by atoms with Gasteiger partial charge in [-0.05, 0) is 32.1 Å². The van der Waals surface area contributed by atoms with E-state index in [0.29, 0.717) is 19.3 Å². The topological polar surface area (TPSA) is 189 Å². The van der Waals surface area contributed by atoms with E-state index in [1.54, 1.807) is 0 Å². The van der Waals surface area contributed by atoms with Crippen molar-refractivity contribution in [3.8, 4) is 0 Å². The number of carbonyl (C=O) groups is 1. The van der Waals surface area contributed by atoms with Crippen LogP contribution in [0.25, 0.3) is 0 Å². The summed E-state index contributed by atoms with van der Waals surface area (Å²) in [7, 11) is 0. The first-order valence-electron chi connectivity index (χ1n) is 18.1. The minimum absolute atomic E-state index is 0.246. The number of aliphatic hydroxyl groups is 7. The zero-order chi connectivity index (χ0) is 34.2. The molecule has 8 N–H and O–H groups in total. The van der Waals surface area contributed by atoms with Crippen molar-refractivity contribution in [2.45, 2.75) is 191 Å². The monoisotopic (exact) mass is 661 g/mol. The maximum atomic E-state index is 12.9. The Bertz CT molecular complexity index is 770. The number of carbonyl (C=O) groups excluding carboxylic acids is 1. The van der Waals surface area contributed by atoms with Gasteiger partial charge in [-0.25, -0.2) is 0 Å². The van der Waals surface area contributed by atoms with Crippen LogP contribution in [0.3, 0.4) is 0 Å². The number of unbranched alkanes of at least 4 members (excludes halogenated alkanes) is 14. The lowest BCUT2D eigenvalue weighted by Crippen LogP contribution is -2.60. The van der Waals surface area contributed by atoms with Crippen LogP contribution in [-0.2, 0) is 14.3 Å². The molecule has 1 rings (SSSR count). The second-order valence-electron chi connectivity index (χ2n) is 12.9. The van der Waals surface area contributed by atoms with Crippen molar-refractivity contribution in [2.24, 2.45) is 0 Å². The standard InChI is InChI=1S/C35H67NO10/c1-3-5-7-9-11-13-15-17-19-21-23-28(39)34(44)36-26(25-45-35-33(43)32(42)31(41)29(24-37)46-35)30(40)27(38)22-20-18-16-14-12-10-8-6-4-2/h9,11,26-33,35,37-43H,3-8,10,12-25H2,1-2H3,(H,36,44)/b11-9-. The van der Waals surface area contributed by atoms with Crippen molar-refractivity contribution in [3.05, 3.63) is 12.2 Å². The van der Waals surface area contributed by atoms with Crippen molar-refractivity contribution in [2.75, 3.05) is 13.2 Å². The minimum atomic E-state index is -1.66. The number of allylic oxidation sites excluding steroid dienone is 2. The summed E-state index contributed by atoms with van der Waals surface area (Å²) >= 11 is 0. The second kappa shape index (κ2) is 26.8. The van der Waals surface area contributed by atoms with E-state index < -0.39 is 74.2 Å². The molecule has 0 aromatic rings. The average Bonchev–Trinajstić information content (AvgIpc) is 3.05. The van der Waals surface area contributed by atoms with Crippen molar-refractivity contribution in [1.29, 1.82) is 0 Å².